The van der Waals surface area contributed by atoms with Crippen LogP contribution >= 0.6 is 0 Å². The van der Waals surface area contributed by atoms with Crippen LogP contribution in [0.5, 0.6) is 0 Å². The number of nitrogens with zero attached hydrogens (tertiary/aromatic N) is 2. The van der Waals surface area contributed by atoms with Gasteiger partial charge < -0.3 is 12.5 Å². The fourth-order valence-electron chi connectivity index (χ4n) is 5.21. The second kappa shape index (κ2) is 15.4. The van der Waals surface area contributed by atoms with Gasteiger partial charge in [0.1, 0.15) is 5.41 Å². The molecule has 0 unspecified atom stereocenters. The Labute approximate surface area is 303 Å². The summed E-state index contributed by atoms with van der Waals surface area (Å²) >= 11 is 0. The van der Waals surface area contributed by atoms with Gasteiger partial charge in [-0.2, -0.15) is 5.26 Å². The Balaban J connectivity index is 0.00000342. The maximum atomic E-state index is 13.1. The summed E-state index contributed by atoms with van der Waals surface area (Å²) in [7, 11) is 0. The molecule has 0 spiro atoms. The average molecular weight is 533 g/mol. The predicted molar refractivity (Wildman–Crippen MR) is 137 cm³/mol. The Bertz CT molecular complexity index is 1080. The maximum absolute atomic E-state index is 13.1. The number of carbonyl (C=O) groups excluding carboxylic acids is 1. The molecule has 0 aliphatic carbocycles. The second-order valence-corrected chi connectivity index (χ2v) is 9.01. The van der Waals surface area contributed by atoms with Gasteiger partial charge in [0.25, 0.3) is 0 Å². The number of nitriles is 1. The van der Waals surface area contributed by atoms with Crippen LogP contribution in [0.25, 0.3) is 0 Å². The number of hydrogen-bond donors (Lipinski definition) is 0. The minimum absolute atomic E-state index is 0. The summed E-state index contributed by atoms with van der Waals surface area (Å²) < 4.78 is 5.52. The number of piperidine rings is 1. The van der Waals surface area contributed by atoms with Crippen molar-refractivity contribution in [2.24, 2.45) is 0 Å². The normalized spacial score (nSPS) is 15.0. The van der Waals surface area contributed by atoms with E-state index < -0.39 is 10.8 Å². The van der Waals surface area contributed by atoms with Crippen LogP contribution in [0.3, 0.4) is 0 Å². The van der Waals surface area contributed by atoms with Crippen LogP contribution in [0.1, 0.15) is 45.7 Å². The van der Waals surface area contributed by atoms with Gasteiger partial charge in [-0.3, -0.25) is 4.79 Å². The first kappa shape index (κ1) is 32.1. The monoisotopic (exact) mass is 532 g/mol. The van der Waals surface area contributed by atoms with Gasteiger partial charge in [0.15, 0.2) is 0 Å². The Morgan fingerprint density at radius 1 is 0.917 bits per heavy atom. The van der Waals surface area contributed by atoms with E-state index in [4.69, 9.17) is 4.74 Å². The third-order valence-corrected chi connectivity index (χ3v) is 7.23. The molecule has 1 fully saturated rings. The van der Waals surface area contributed by atoms with Crippen molar-refractivity contribution in [2.45, 2.75) is 37.0 Å². The van der Waals surface area contributed by atoms with E-state index in [2.05, 4.69) is 11.0 Å². The Kier molecular flexibility index (Phi) is 13.8. The Morgan fingerprint density at radius 2 is 1.39 bits per heavy atom. The van der Waals surface area contributed by atoms with Gasteiger partial charge in [0.2, 0.25) is 0 Å². The number of hydrogen-bond acceptors (Lipinski definition) is 4. The van der Waals surface area contributed by atoms with Crippen molar-refractivity contribution in [3.8, 4) is 6.07 Å². The standard InChI is InChI=1S/C30H32N2O2.2K.2H/c1-2-34-28(33)29(25-12-6-3-7-13-25)18-21-32(22-19-29)23-20-30(24-31,26-14-8-4-9-15-26)27-16-10-5-11-17-27;;;;/h3-17H,2,18-23H2,1H3;;;;/q;2*+1;2*-1. The summed E-state index contributed by atoms with van der Waals surface area (Å²) in [6.45, 7) is 4.61. The Hall–Kier alpha value is -0.147. The summed E-state index contributed by atoms with van der Waals surface area (Å²) in [6, 6.07) is 32.9. The van der Waals surface area contributed by atoms with Crippen molar-refractivity contribution in [1.29, 1.82) is 5.26 Å². The van der Waals surface area contributed by atoms with E-state index in [-0.39, 0.29) is 112 Å². The van der Waals surface area contributed by atoms with Crippen LogP contribution in [0.15, 0.2) is 91.0 Å². The molecule has 0 atom stereocenters. The molecule has 0 bridgehead atoms. The Morgan fingerprint density at radius 3 is 1.83 bits per heavy atom. The van der Waals surface area contributed by atoms with Gasteiger partial charge in [-0.25, -0.2) is 0 Å². The van der Waals surface area contributed by atoms with Crippen molar-refractivity contribution < 1.29 is 115 Å². The van der Waals surface area contributed by atoms with Gasteiger partial charge in [0.05, 0.1) is 18.1 Å². The fraction of sp³-hybridized carbons (Fsp3) is 0.333. The van der Waals surface area contributed by atoms with Gasteiger partial charge in [-0.15, -0.1) is 0 Å². The molecule has 1 heterocycles. The van der Waals surface area contributed by atoms with Gasteiger partial charge >= 0.3 is 109 Å². The number of esters is 1. The first-order chi connectivity index (χ1) is 16.6. The van der Waals surface area contributed by atoms with E-state index in [9.17, 15) is 10.1 Å². The zero-order valence-electron chi connectivity index (χ0n) is 23.8. The molecule has 36 heavy (non-hydrogen) atoms. The average Bonchev–Trinajstić information content (AvgIpc) is 2.91. The van der Waals surface area contributed by atoms with Gasteiger partial charge in [-0.1, -0.05) is 91.0 Å². The maximum Gasteiger partial charge on any atom is 1.00 e. The van der Waals surface area contributed by atoms with Crippen molar-refractivity contribution >= 4 is 5.97 Å². The van der Waals surface area contributed by atoms with E-state index in [1.807, 2.05) is 97.9 Å². The van der Waals surface area contributed by atoms with E-state index in [1.165, 1.54) is 0 Å². The zero-order chi connectivity index (χ0) is 23.9. The van der Waals surface area contributed by atoms with Crippen LogP contribution < -0.4 is 103 Å². The quantitative estimate of drug-likeness (QED) is 0.296. The molecule has 0 aromatic heterocycles. The van der Waals surface area contributed by atoms with Crippen LogP contribution in [0.4, 0.5) is 0 Å². The molecule has 4 nitrogen and oxygen atoms in total. The number of ether oxygens (including phenoxy) is 1. The van der Waals surface area contributed by atoms with Crippen LogP contribution in [0.2, 0.25) is 0 Å². The molecule has 0 amide bonds. The number of carbonyl (C=O) groups is 1. The van der Waals surface area contributed by atoms with E-state index >= 15 is 0 Å². The minimum Gasteiger partial charge on any atom is -1.00 e. The van der Waals surface area contributed by atoms with Gasteiger partial charge in [0, 0.05) is 6.54 Å². The molecule has 1 aliphatic heterocycles. The molecule has 178 valence electrons. The summed E-state index contributed by atoms with van der Waals surface area (Å²) in [5.41, 5.74) is 1.76. The summed E-state index contributed by atoms with van der Waals surface area (Å²) in [6.07, 6.45) is 2.12. The fourth-order valence-corrected chi connectivity index (χ4v) is 5.21. The van der Waals surface area contributed by atoms with Crippen LogP contribution in [0, 0.1) is 11.3 Å². The third kappa shape index (κ3) is 7.08. The summed E-state index contributed by atoms with van der Waals surface area (Å²) in [5.74, 6) is -0.124. The predicted octanol–water partition coefficient (Wildman–Crippen LogP) is -0.284. The first-order valence-corrected chi connectivity index (χ1v) is 12.1. The SMILES string of the molecule is CCOC(=O)C1(c2ccccc2)CCN(CCC(C#N)(c2ccccc2)c2ccccc2)CC1.[H-].[H-].[K+].[K+]. The number of benzene rings is 3. The summed E-state index contributed by atoms with van der Waals surface area (Å²) in [4.78, 5) is 15.5. The van der Waals surface area contributed by atoms with Crippen molar-refractivity contribution in [3.05, 3.63) is 108 Å². The zero-order valence-corrected chi connectivity index (χ0v) is 28.1. The van der Waals surface area contributed by atoms with Crippen molar-refractivity contribution in [3.63, 3.8) is 0 Å². The molecule has 4 rings (SSSR count). The van der Waals surface area contributed by atoms with E-state index in [1.54, 1.807) is 0 Å². The second-order valence-electron chi connectivity index (χ2n) is 9.01. The van der Waals surface area contributed by atoms with Crippen molar-refractivity contribution in [1.82, 2.24) is 4.90 Å². The molecule has 0 radical (unpaired) electrons. The number of likely N-dealkylation sites (tertiary alicyclic amines) is 1. The van der Waals surface area contributed by atoms with Crippen LogP contribution in [-0.4, -0.2) is 37.1 Å². The van der Waals surface area contributed by atoms with E-state index in [0.29, 0.717) is 25.9 Å². The molecule has 6 heteroatoms. The molecule has 0 N–H and O–H groups in total. The molecule has 3 aromatic carbocycles. The van der Waals surface area contributed by atoms with Crippen LogP contribution in [-0.2, 0) is 20.4 Å². The third-order valence-electron chi connectivity index (χ3n) is 7.23. The smallest absolute Gasteiger partial charge is 1.00 e. The summed E-state index contributed by atoms with van der Waals surface area (Å²) in [5, 5.41) is 10.4. The van der Waals surface area contributed by atoms with Gasteiger partial charge in [-0.05, 0) is 56.0 Å². The first-order valence-electron chi connectivity index (χ1n) is 12.1. The molecular weight excluding hydrogens is 499 g/mol. The minimum atomic E-state index is -0.711. The molecule has 0 saturated carbocycles. The molecular formula is C30H34K2N2O2. The topological polar surface area (TPSA) is 53.3 Å². The van der Waals surface area contributed by atoms with E-state index in [0.717, 1.165) is 36.3 Å². The molecule has 3 aromatic rings. The van der Waals surface area contributed by atoms with Crippen molar-refractivity contribution in [2.75, 3.05) is 26.2 Å². The molecule has 1 aliphatic rings. The number of rotatable bonds is 8. The largest absolute Gasteiger partial charge is 1.00 e. The molecule has 1 saturated heterocycles.